The lowest BCUT2D eigenvalue weighted by Gasteiger charge is -2.36. The van der Waals surface area contributed by atoms with Gasteiger partial charge in [-0.2, -0.15) is 5.10 Å². The quantitative estimate of drug-likeness (QED) is 0.885. The molecule has 2 amide bonds. The number of morpholine rings is 1. The van der Waals surface area contributed by atoms with Gasteiger partial charge in [0.1, 0.15) is 0 Å². The Morgan fingerprint density at radius 3 is 2.83 bits per heavy atom. The van der Waals surface area contributed by atoms with Gasteiger partial charge in [0.2, 0.25) is 0 Å². The van der Waals surface area contributed by atoms with Gasteiger partial charge in [-0.15, -0.1) is 0 Å². The third-order valence-corrected chi connectivity index (χ3v) is 4.25. The van der Waals surface area contributed by atoms with Crippen molar-refractivity contribution in [3.8, 4) is 0 Å². The molecule has 1 saturated heterocycles. The van der Waals surface area contributed by atoms with Crippen LogP contribution in [0.3, 0.4) is 0 Å². The van der Waals surface area contributed by atoms with Crippen LogP contribution >= 0.6 is 0 Å². The molecule has 1 fully saturated rings. The predicted octanol–water partition coefficient (Wildman–Crippen LogP) is 1.23. The largest absolute Gasteiger partial charge is 0.372 e. The van der Waals surface area contributed by atoms with Crippen LogP contribution in [0.15, 0.2) is 12.4 Å². The molecule has 1 aliphatic heterocycles. The molecule has 0 unspecified atom stereocenters. The molecular weight excluding hydrogens is 294 g/mol. The molecule has 0 aliphatic carbocycles. The van der Waals surface area contributed by atoms with Crippen molar-refractivity contribution in [1.29, 1.82) is 0 Å². The van der Waals surface area contributed by atoms with E-state index in [9.17, 15) is 4.79 Å². The Morgan fingerprint density at radius 2 is 2.26 bits per heavy atom. The fourth-order valence-corrected chi connectivity index (χ4v) is 2.94. The van der Waals surface area contributed by atoms with E-state index in [0.717, 1.165) is 12.0 Å². The maximum Gasteiger partial charge on any atom is 0.317 e. The molecule has 0 aromatic carbocycles. The number of ether oxygens (including phenoxy) is 1. The number of nitrogens with zero attached hydrogens (tertiary/aromatic N) is 4. The lowest BCUT2D eigenvalue weighted by molar-refractivity contribution is -0.0646. The van der Waals surface area contributed by atoms with Crippen molar-refractivity contribution in [1.82, 2.24) is 24.9 Å². The summed E-state index contributed by atoms with van der Waals surface area (Å²) < 4.78 is 7.59. The second kappa shape index (κ2) is 7.79. The van der Waals surface area contributed by atoms with Gasteiger partial charge in [-0.05, 0) is 27.4 Å². The first-order chi connectivity index (χ1) is 10.9. The molecule has 1 N–H and O–H groups in total. The fraction of sp³-hybridized carbons (Fsp3) is 0.750. The lowest BCUT2D eigenvalue weighted by Crippen LogP contribution is -2.53. The van der Waals surface area contributed by atoms with Gasteiger partial charge < -0.3 is 19.9 Å². The minimum Gasteiger partial charge on any atom is -0.372 e. The summed E-state index contributed by atoms with van der Waals surface area (Å²) in [4.78, 5) is 16.4. The van der Waals surface area contributed by atoms with Crippen molar-refractivity contribution in [3.63, 3.8) is 0 Å². The topological polar surface area (TPSA) is 62.6 Å². The number of likely N-dealkylation sites (N-methyl/N-ethyl adjacent to an activating group) is 1. The summed E-state index contributed by atoms with van der Waals surface area (Å²) in [6.45, 7) is 5.96. The maximum atomic E-state index is 12.5. The van der Waals surface area contributed by atoms with Gasteiger partial charge >= 0.3 is 6.03 Å². The van der Waals surface area contributed by atoms with E-state index >= 15 is 0 Å². The third-order valence-electron chi connectivity index (χ3n) is 4.25. The summed E-state index contributed by atoms with van der Waals surface area (Å²) in [5.41, 5.74) is 1.10. The van der Waals surface area contributed by atoms with E-state index < -0.39 is 0 Å². The highest BCUT2D eigenvalue weighted by atomic mass is 16.5. The van der Waals surface area contributed by atoms with Crippen LogP contribution in [0.4, 0.5) is 4.79 Å². The van der Waals surface area contributed by atoms with Gasteiger partial charge in [0.25, 0.3) is 0 Å². The number of carbonyl (C=O) groups excluding carboxylic acids is 1. The third kappa shape index (κ3) is 4.68. The number of urea groups is 1. The van der Waals surface area contributed by atoms with E-state index in [0.29, 0.717) is 19.6 Å². The monoisotopic (exact) mass is 323 g/mol. The van der Waals surface area contributed by atoms with E-state index in [1.807, 2.05) is 45.4 Å². The van der Waals surface area contributed by atoms with E-state index in [-0.39, 0.29) is 24.3 Å². The zero-order valence-electron chi connectivity index (χ0n) is 14.8. The van der Waals surface area contributed by atoms with Crippen molar-refractivity contribution < 1.29 is 9.53 Å². The van der Waals surface area contributed by atoms with Crippen molar-refractivity contribution in [2.45, 2.75) is 38.5 Å². The summed E-state index contributed by atoms with van der Waals surface area (Å²) in [5, 5.41) is 7.28. The Labute approximate surface area is 138 Å². The smallest absolute Gasteiger partial charge is 0.317 e. The Hall–Kier alpha value is -1.60. The van der Waals surface area contributed by atoms with Crippen LogP contribution in [-0.4, -0.2) is 71.5 Å². The number of rotatable bonds is 5. The average molecular weight is 323 g/mol. The van der Waals surface area contributed by atoms with Crippen LogP contribution in [0, 0.1) is 0 Å². The van der Waals surface area contributed by atoms with Crippen LogP contribution in [0.25, 0.3) is 0 Å². The van der Waals surface area contributed by atoms with Crippen LogP contribution in [0.5, 0.6) is 0 Å². The normalized spacial score (nSPS) is 23.1. The molecule has 0 bridgehead atoms. The standard InChI is InChI=1S/C16H29N5O2/c1-6-14-11-21(9-12(2)23-14)16(22)17-8-15(19(3)4)13-7-18-20(5)10-13/h7,10,12,14-15H,6,8-9,11H2,1-5H3,(H,17,22)/t12-,14-,15+/m1/s1. The number of aryl methyl sites for hydroxylation is 1. The summed E-state index contributed by atoms with van der Waals surface area (Å²) in [7, 11) is 5.91. The molecule has 1 aromatic rings. The molecule has 130 valence electrons. The van der Waals surface area contributed by atoms with Gasteiger partial charge in [0, 0.05) is 38.4 Å². The highest BCUT2D eigenvalue weighted by Gasteiger charge is 2.28. The molecule has 2 heterocycles. The van der Waals surface area contributed by atoms with Gasteiger partial charge in [-0.1, -0.05) is 6.92 Å². The zero-order valence-corrected chi connectivity index (χ0v) is 14.8. The highest BCUT2D eigenvalue weighted by Crippen LogP contribution is 2.17. The van der Waals surface area contributed by atoms with E-state index in [2.05, 4.69) is 22.2 Å². The first-order valence-electron chi connectivity index (χ1n) is 8.23. The fourth-order valence-electron chi connectivity index (χ4n) is 2.94. The molecule has 2 rings (SSSR count). The van der Waals surface area contributed by atoms with Crippen molar-refractivity contribution in [2.24, 2.45) is 7.05 Å². The van der Waals surface area contributed by atoms with E-state index in [1.54, 1.807) is 4.68 Å². The van der Waals surface area contributed by atoms with Crippen LogP contribution in [0.2, 0.25) is 0 Å². The van der Waals surface area contributed by atoms with Gasteiger partial charge in [0.15, 0.2) is 0 Å². The lowest BCUT2D eigenvalue weighted by atomic mass is 10.1. The first-order valence-corrected chi connectivity index (χ1v) is 8.23. The SMILES string of the molecule is CC[C@@H]1CN(C(=O)NC[C@@H](c2cnn(C)c2)N(C)C)C[C@@H](C)O1. The molecule has 0 saturated carbocycles. The number of hydrogen-bond donors (Lipinski definition) is 1. The predicted molar refractivity (Wildman–Crippen MR) is 89.2 cm³/mol. The molecule has 7 nitrogen and oxygen atoms in total. The van der Waals surface area contributed by atoms with Gasteiger partial charge in [0.05, 0.1) is 24.4 Å². The number of aromatic nitrogens is 2. The minimum absolute atomic E-state index is 0.0191. The Balaban J connectivity index is 1.93. The van der Waals surface area contributed by atoms with Crippen molar-refractivity contribution >= 4 is 6.03 Å². The van der Waals surface area contributed by atoms with Gasteiger partial charge in [-0.25, -0.2) is 4.79 Å². The van der Waals surface area contributed by atoms with Gasteiger partial charge in [-0.3, -0.25) is 4.68 Å². The summed E-state index contributed by atoms with van der Waals surface area (Å²) in [6, 6.07) is 0.0856. The van der Waals surface area contributed by atoms with Crippen LogP contribution in [-0.2, 0) is 11.8 Å². The first kappa shape index (κ1) is 17.7. The Morgan fingerprint density at radius 1 is 1.52 bits per heavy atom. The number of carbonyl (C=O) groups is 1. The molecule has 7 heteroatoms. The van der Waals surface area contributed by atoms with Crippen LogP contribution in [0.1, 0.15) is 31.9 Å². The second-order valence-electron chi connectivity index (χ2n) is 6.49. The van der Waals surface area contributed by atoms with Crippen molar-refractivity contribution in [3.05, 3.63) is 18.0 Å². The molecule has 23 heavy (non-hydrogen) atoms. The molecular formula is C16H29N5O2. The molecule has 0 radical (unpaired) electrons. The zero-order chi connectivity index (χ0) is 17.0. The average Bonchev–Trinajstić information content (AvgIpc) is 2.92. The Bertz CT molecular complexity index is 516. The minimum atomic E-state index is -0.0191. The highest BCUT2D eigenvalue weighted by molar-refractivity contribution is 5.74. The molecule has 3 atom stereocenters. The number of nitrogens with one attached hydrogen (secondary N) is 1. The second-order valence-corrected chi connectivity index (χ2v) is 6.49. The summed E-state index contributed by atoms with van der Waals surface area (Å²) in [5.74, 6) is 0. The number of hydrogen-bond acceptors (Lipinski definition) is 4. The van der Waals surface area contributed by atoms with E-state index in [4.69, 9.17) is 4.74 Å². The summed E-state index contributed by atoms with van der Waals surface area (Å²) >= 11 is 0. The molecule has 1 aromatic heterocycles. The molecule has 1 aliphatic rings. The summed E-state index contributed by atoms with van der Waals surface area (Å²) in [6.07, 6.45) is 4.97. The van der Waals surface area contributed by atoms with E-state index in [1.165, 1.54) is 0 Å². The van der Waals surface area contributed by atoms with Crippen LogP contribution < -0.4 is 5.32 Å². The molecule has 0 spiro atoms. The Kier molecular flexibility index (Phi) is 6.01. The van der Waals surface area contributed by atoms with Crippen molar-refractivity contribution in [2.75, 3.05) is 33.7 Å². The maximum absolute atomic E-state index is 12.5. The number of amides is 2.